The summed E-state index contributed by atoms with van der Waals surface area (Å²) in [7, 11) is 0. The van der Waals surface area contributed by atoms with E-state index in [1.165, 1.54) is 43.3 Å². The molecule has 9 nitrogen and oxygen atoms in total. The summed E-state index contributed by atoms with van der Waals surface area (Å²) in [5, 5.41) is 2.55. The lowest BCUT2D eigenvalue weighted by atomic mass is 9.96. The average Bonchev–Trinajstić information content (AvgIpc) is 2.96. The summed E-state index contributed by atoms with van der Waals surface area (Å²) in [5.41, 5.74) is 0.500. The van der Waals surface area contributed by atoms with Gasteiger partial charge in [0, 0.05) is 6.92 Å². The summed E-state index contributed by atoms with van der Waals surface area (Å²) in [6.45, 7) is 0.0106. The number of ether oxygens (including phenoxy) is 4. The second-order valence-electron chi connectivity index (χ2n) is 8.67. The molecule has 0 aromatic heterocycles. The lowest BCUT2D eigenvalue weighted by Gasteiger charge is -2.44. The molecule has 1 amide bonds. The molecular formula is C29H26FNO8. The van der Waals surface area contributed by atoms with E-state index in [4.69, 9.17) is 18.9 Å². The lowest BCUT2D eigenvalue weighted by molar-refractivity contribution is -0.248. The van der Waals surface area contributed by atoms with Crippen molar-refractivity contribution in [2.45, 2.75) is 37.6 Å². The zero-order valence-corrected chi connectivity index (χ0v) is 20.9. The van der Waals surface area contributed by atoms with Crippen molar-refractivity contribution in [3.8, 4) is 0 Å². The number of carbonyl (C=O) groups excluding carboxylic acids is 4. The van der Waals surface area contributed by atoms with Crippen LogP contribution in [0.25, 0.3) is 0 Å². The number of alkyl halides is 1. The third kappa shape index (κ3) is 6.85. The molecule has 10 heteroatoms. The Balaban J connectivity index is 1.69. The topological polar surface area (TPSA) is 117 Å². The fraction of sp³-hybridized carbons (Fsp3) is 0.241. The summed E-state index contributed by atoms with van der Waals surface area (Å²) in [4.78, 5) is 51.0. The molecule has 0 radical (unpaired) electrons. The first-order valence-corrected chi connectivity index (χ1v) is 12.1. The minimum Gasteiger partial charge on any atom is -0.452 e. The highest BCUT2D eigenvalue weighted by Gasteiger charge is 2.52. The Hall–Kier alpha value is -4.57. The van der Waals surface area contributed by atoms with E-state index in [2.05, 4.69) is 5.32 Å². The number of esters is 3. The number of carbonyl (C=O) groups is 4. The van der Waals surface area contributed by atoms with Gasteiger partial charge in [0.05, 0.1) is 16.7 Å². The second-order valence-corrected chi connectivity index (χ2v) is 8.67. The van der Waals surface area contributed by atoms with Gasteiger partial charge in [0.2, 0.25) is 12.2 Å². The SMILES string of the molecule is CC(=O)N[C@H]1[C@@H](OC(=O)c2ccccc2)O[C@H](CF)[C@@H](OC(=O)c2ccccc2)[C@@H]1OC(=O)c1ccccc1. The van der Waals surface area contributed by atoms with E-state index in [0.717, 1.165) is 0 Å². The van der Waals surface area contributed by atoms with E-state index in [1.54, 1.807) is 54.6 Å². The van der Waals surface area contributed by atoms with Crippen LogP contribution in [0, 0.1) is 0 Å². The molecule has 3 aromatic carbocycles. The molecule has 1 saturated heterocycles. The molecular weight excluding hydrogens is 509 g/mol. The van der Waals surface area contributed by atoms with Crippen LogP contribution in [0.2, 0.25) is 0 Å². The first-order valence-electron chi connectivity index (χ1n) is 12.1. The van der Waals surface area contributed by atoms with Crippen molar-refractivity contribution in [3.05, 3.63) is 108 Å². The number of halogens is 1. The van der Waals surface area contributed by atoms with Gasteiger partial charge in [0.1, 0.15) is 18.8 Å². The zero-order valence-electron chi connectivity index (χ0n) is 20.9. The van der Waals surface area contributed by atoms with Crippen molar-refractivity contribution in [1.82, 2.24) is 5.32 Å². The van der Waals surface area contributed by atoms with Gasteiger partial charge in [0.15, 0.2) is 12.2 Å². The quantitative estimate of drug-likeness (QED) is 0.344. The highest BCUT2D eigenvalue weighted by molar-refractivity contribution is 5.91. The van der Waals surface area contributed by atoms with E-state index >= 15 is 0 Å². The predicted octanol–water partition coefficient (Wildman–Crippen LogP) is 3.49. The molecule has 0 bridgehead atoms. The highest BCUT2D eigenvalue weighted by atomic mass is 19.1. The molecule has 1 fully saturated rings. The Bertz CT molecular complexity index is 1290. The van der Waals surface area contributed by atoms with E-state index in [9.17, 15) is 23.6 Å². The maximum atomic E-state index is 14.4. The monoisotopic (exact) mass is 535 g/mol. The normalized spacial score (nSPS) is 22.3. The third-order valence-corrected chi connectivity index (χ3v) is 5.91. The van der Waals surface area contributed by atoms with Crippen LogP contribution < -0.4 is 5.32 Å². The van der Waals surface area contributed by atoms with E-state index in [-0.39, 0.29) is 16.7 Å². The van der Waals surface area contributed by atoms with Crippen molar-refractivity contribution in [2.24, 2.45) is 0 Å². The molecule has 1 aliphatic rings. The van der Waals surface area contributed by atoms with Crippen LogP contribution in [0.5, 0.6) is 0 Å². The van der Waals surface area contributed by atoms with Crippen LogP contribution in [-0.2, 0) is 23.7 Å². The van der Waals surface area contributed by atoms with Gasteiger partial charge < -0.3 is 24.3 Å². The first kappa shape index (κ1) is 27.5. The van der Waals surface area contributed by atoms with Gasteiger partial charge in [-0.2, -0.15) is 0 Å². The smallest absolute Gasteiger partial charge is 0.340 e. The minimum atomic E-state index is -1.58. The molecule has 39 heavy (non-hydrogen) atoms. The maximum Gasteiger partial charge on any atom is 0.340 e. The first-order chi connectivity index (χ1) is 18.9. The number of rotatable bonds is 8. The van der Waals surface area contributed by atoms with Crippen molar-refractivity contribution < 1.29 is 42.5 Å². The highest BCUT2D eigenvalue weighted by Crippen LogP contribution is 2.29. The van der Waals surface area contributed by atoms with Gasteiger partial charge in [-0.1, -0.05) is 54.6 Å². The molecule has 0 saturated carbocycles. The van der Waals surface area contributed by atoms with E-state index in [1.807, 2.05) is 0 Å². The summed E-state index contributed by atoms with van der Waals surface area (Å²) in [6, 6.07) is 22.5. The van der Waals surface area contributed by atoms with Crippen LogP contribution >= 0.6 is 0 Å². The van der Waals surface area contributed by atoms with Crippen molar-refractivity contribution >= 4 is 23.8 Å². The molecule has 0 aliphatic carbocycles. The van der Waals surface area contributed by atoms with Gasteiger partial charge in [0.25, 0.3) is 0 Å². The van der Waals surface area contributed by atoms with Crippen LogP contribution in [0.3, 0.4) is 0 Å². The van der Waals surface area contributed by atoms with Crippen molar-refractivity contribution in [2.75, 3.05) is 6.67 Å². The average molecular weight is 536 g/mol. The number of hydrogen-bond donors (Lipinski definition) is 1. The summed E-state index contributed by atoms with van der Waals surface area (Å²) in [6.07, 6.45) is -6.07. The van der Waals surface area contributed by atoms with Crippen LogP contribution in [0.4, 0.5) is 4.39 Å². The zero-order chi connectivity index (χ0) is 27.8. The molecule has 0 spiro atoms. The van der Waals surface area contributed by atoms with Crippen LogP contribution in [0.15, 0.2) is 91.0 Å². The van der Waals surface area contributed by atoms with Crippen LogP contribution in [0.1, 0.15) is 38.0 Å². The fourth-order valence-corrected chi connectivity index (χ4v) is 4.08. The van der Waals surface area contributed by atoms with Gasteiger partial charge in [-0.05, 0) is 36.4 Å². The van der Waals surface area contributed by atoms with Gasteiger partial charge in [-0.15, -0.1) is 0 Å². The van der Waals surface area contributed by atoms with E-state index < -0.39 is 61.1 Å². The van der Waals surface area contributed by atoms with Gasteiger partial charge in [-0.3, -0.25) is 4.79 Å². The Labute approximate surface area is 223 Å². The van der Waals surface area contributed by atoms with Gasteiger partial charge >= 0.3 is 17.9 Å². The van der Waals surface area contributed by atoms with Crippen molar-refractivity contribution in [3.63, 3.8) is 0 Å². The van der Waals surface area contributed by atoms with E-state index in [0.29, 0.717) is 0 Å². The predicted molar refractivity (Wildman–Crippen MR) is 135 cm³/mol. The Morgan fingerprint density at radius 3 is 1.51 bits per heavy atom. The Morgan fingerprint density at radius 2 is 1.10 bits per heavy atom. The minimum absolute atomic E-state index is 0.160. The molecule has 5 atom stereocenters. The summed E-state index contributed by atoms with van der Waals surface area (Å²) < 4.78 is 36.9. The standard InChI is InChI=1S/C29H26FNO8/c1-18(32)31-23-25(38-27(34)20-13-7-3-8-14-20)24(37-26(33)19-11-5-2-6-12-19)22(17-30)36-29(23)39-28(35)21-15-9-4-10-16-21/h2-16,22-25,29H,17H2,1H3,(H,31,32)/t22-,23-,24-,25-,29-/m1/s1. The largest absolute Gasteiger partial charge is 0.452 e. The fourth-order valence-electron chi connectivity index (χ4n) is 4.08. The molecule has 1 aliphatic heterocycles. The Kier molecular flexibility index (Phi) is 9.01. The summed E-state index contributed by atoms with van der Waals surface area (Å²) >= 11 is 0. The Morgan fingerprint density at radius 1 is 0.692 bits per heavy atom. The summed E-state index contributed by atoms with van der Waals surface area (Å²) in [5.74, 6) is -3.06. The number of hydrogen-bond acceptors (Lipinski definition) is 8. The molecule has 4 rings (SSSR count). The maximum absolute atomic E-state index is 14.4. The lowest BCUT2D eigenvalue weighted by Crippen LogP contribution is -2.66. The second kappa shape index (κ2) is 12.8. The third-order valence-electron chi connectivity index (χ3n) is 5.91. The molecule has 3 aromatic rings. The molecule has 1 N–H and O–H groups in total. The number of nitrogens with one attached hydrogen (secondary N) is 1. The molecule has 1 heterocycles. The van der Waals surface area contributed by atoms with Crippen molar-refractivity contribution in [1.29, 1.82) is 0 Å². The molecule has 0 unspecified atom stereocenters. The number of amides is 1. The number of benzene rings is 3. The van der Waals surface area contributed by atoms with Gasteiger partial charge in [-0.25, -0.2) is 18.8 Å². The molecule has 202 valence electrons. The van der Waals surface area contributed by atoms with Crippen LogP contribution in [-0.4, -0.2) is 61.1 Å².